The Morgan fingerprint density at radius 3 is 2.21 bits per heavy atom. The molecular weight excluding hydrogens is 612 g/mol. The number of rotatable bonds is 18. The third kappa shape index (κ3) is 12.2. The number of benzene rings is 2. The fraction of sp³-hybridized carbons (Fsp3) is 0.459. The van der Waals surface area contributed by atoms with Crippen molar-refractivity contribution in [2.45, 2.75) is 88.8 Å². The van der Waals surface area contributed by atoms with Crippen molar-refractivity contribution in [3.05, 3.63) is 107 Å². The molecule has 0 unspecified atom stereocenters. The van der Waals surface area contributed by atoms with Crippen molar-refractivity contribution in [3.8, 4) is 0 Å². The second kappa shape index (κ2) is 17.8. The molecule has 0 bridgehead atoms. The molecule has 1 aromatic heterocycles. The molecule has 3 aromatic rings. The number of amides is 1. The Kier molecular flexibility index (Phi) is 13.5. The molecule has 9 nitrogen and oxygen atoms in total. The summed E-state index contributed by atoms with van der Waals surface area (Å²) < 4.78 is 27.4. The number of aryl methyl sites for hydroxylation is 2. The zero-order valence-electron chi connectivity index (χ0n) is 27.1. The van der Waals surface area contributed by atoms with Gasteiger partial charge in [-0.3, -0.25) is 15.0 Å². The van der Waals surface area contributed by atoms with Crippen LogP contribution in [0.4, 0.5) is 0 Å². The van der Waals surface area contributed by atoms with Gasteiger partial charge in [-0.1, -0.05) is 86.7 Å². The van der Waals surface area contributed by atoms with Gasteiger partial charge in [0.05, 0.1) is 23.5 Å². The molecule has 1 aliphatic carbocycles. The molecule has 10 heteroatoms. The Balaban J connectivity index is 1.47. The van der Waals surface area contributed by atoms with E-state index in [1.165, 1.54) is 31.7 Å². The van der Waals surface area contributed by atoms with E-state index in [-0.39, 0.29) is 29.5 Å². The second-order valence-corrected chi connectivity index (χ2v) is 15.0. The summed E-state index contributed by atoms with van der Waals surface area (Å²) in [7, 11) is -3.64. The number of amidine groups is 1. The Morgan fingerprint density at radius 1 is 0.894 bits per heavy atom. The lowest BCUT2D eigenvalue weighted by Crippen LogP contribution is -2.45. The van der Waals surface area contributed by atoms with Gasteiger partial charge in [0.1, 0.15) is 5.84 Å². The van der Waals surface area contributed by atoms with Crippen LogP contribution in [0.5, 0.6) is 0 Å². The van der Waals surface area contributed by atoms with Crippen LogP contribution in [0.1, 0.15) is 86.5 Å². The van der Waals surface area contributed by atoms with Gasteiger partial charge in [-0.15, -0.1) is 0 Å². The van der Waals surface area contributed by atoms with Gasteiger partial charge in [0.2, 0.25) is 5.91 Å². The third-order valence-electron chi connectivity index (χ3n) is 9.16. The zero-order valence-corrected chi connectivity index (χ0v) is 27.9. The molecule has 0 radical (unpaired) electrons. The van der Waals surface area contributed by atoms with Crippen LogP contribution in [-0.4, -0.2) is 37.7 Å². The predicted octanol–water partition coefficient (Wildman–Crippen LogP) is 5.21. The van der Waals surface area contributed by atoms with Crippen molar-refractivity contribution < 1.29 is 22.7 Å². The van der Waals surface area contributed by atoms with Gasteiger partial charge in [-0.25, -0.2) is 8.42 Å². The summed E-state index contributed by atoms with van der Waals surface area (Å²) in [5, 5.41) is 22.1. The number of aromatic nitrogens is 1. The smallest absolute Gasteiger partial charge is 0.224 e. The minimum absolute atomic E-state index is 0.0159. The van der Waals surface area contributed by atoms with Crippen LogP contribution in [0.25, 0.3) is 0 Å². The number of nitrogen functional groups attached to an aromatic ring is 1. The van der Waals surface area contributed by atoms with Gasteiger partial charge >= 0.3 is 0 Å². The summed E-state index contributed by atoms with van der Waals surface area (Å²) in [6.45, 7) is 0. The lowest BCUT2D eigenvalue weighted by molar-refractivity contribution is -0.605. The predicted molar refractivity (Wildman–Crippen MR) is 184 cm³/mol. The van der Waals surface area contributed by atoms with E-state index in [4.69, 9.17) is 11.1 Å². The van der Waals surface area contributed by atoms with Gasteiger partial charge in [-0.2, -0.15) is 4.73 Å². The van der Waals surface area contributed by atoms with Crippen LogP contribution in [-0.2, 0) is 38.0 Å². The summed E-state index contributed by atoms with van der Waals surface area (Å²) >= 11 is 0. The first-order valence-corrected chi connectivity index (χ1v) is 18.6. The van der Waals surface area contributed by atoms with Gasteiger partial charge in [0.15, 0.2) is 28.0 Å². The molecule has 1 amide bonds. The first kappa shape index (κ1) is 35.8. The number of nitrogens with one attached hydrogen (secondary N) is 2. The van der Waals surface area contributed by atoms with Crippen LogP contribution in [0.3, 0.4) is 0 Å². The molecule has 47 heavy (non-hydrogen) atoms. The molecule has 1 saturated carbocycles. The third-order valence-corrected chi connectivity index (χ3v) is 10.8. The van der Waals surface area contributed by atoms with Crippen molar-refractivity contribution in [2.75, 3.05) is 5.75 Å². The number of ketones is 1. The van der Waals surface area contributed by atoms with Gasteiger partial charge in [0, 0.05) is 24.1 Å². The van der Waals surface area contributed by atoms with Crippen LogP contribution in [0.15, 0.2) is 79.1 Å². The lowest BCUT2D eigenvalue weighted by Gasteiger charge is -2.26. The lowest BCUT2D eigenvalue weighted by atomic mass is 9.84. The molecule has 0 saturated heterocycles. The van der Waals surface area contributed by atoms with Crippen LogP contribution < -0.4 is 15.8 Å². The second-order valence-electron chi connectivity index (χ2n) is 12.9. The molecule has 252 valence electrons. The molecule has 4 N–H and O–H groups in total. The quantitative estimate of drug-likeness (QED) is 0.0736. The van der Waals surface area contributed by atoms with Crippen molar-refractivity contribution in [2.24, 2.45) is 17.6 Å². The minimum Gasteiger partial charge on any atom is -0.619 e. The van der Waals surface area contributed by atoms with Gasteiger partial charge in [-0.05, 0) is 61.1 Å². The summed E-state index contributed by atoms with van der Waals surface area (Å²) in [5.41, 5.74) is 8.73. The number of pyridine rings is 1. The monoisotopic (exact) mass is 660 g/mol. The standard InChI is InChI=1S/C37H48N4O5S/c38-36(39)32-18-14-30(15-19-32)17-21-35(42)34(20-16-28-8-3-1-4-9-28)40-37(43)33(13-7-12-29-22-24-41(44)25-23-29)27-47(45,46)26-31-10-5-2-6-11-31/h2,5-6,10-11,14-15,18-19,22-25,28,33-34H,1,3-4,7-9,12-13,16-17,20-21,26-27H2,(H3,38,39)(H,40,43)/t33-,34-/m0/s1. The van der Waals surface area contributed by atoms with Crippen LogP contribution in [0.2, 0.25) is 0 Å². The molecule has 1 heterocycles. The maximum absolute atomic E-state index is 13.9. The van der Waals surface area contributed by atoms with Crippen molar-refractivity contribution in [1.82, 2.24) is 5.32 Å². The number of carbonyl (C=O) groups excluding carboxylic acids is 2. The number of carbonyl (C=O) groups is 2. The van der Waals surface area contributed by atoms with E-state index in [1.807, 2.05) is 18.2 Å². The number of Topliss-reactive ketones (excluding diaryl/α,β-unsaturated/α-hetero) is 1. The van der Waals surface area contributed by atoms with Crippen LogP contribution in [0, 0.1) is 22.5 Å². The average molecular weight is 661 g/mol. The van der Waals surface area contributed by atoms with Crippen molar-refractivity contribution in [3.63, 3.8) is 0 Å². The van der Waals surface area contributed by atoms with Crippen molar-refractivity contribution >= 4 is 27.4 Å². The molecule has 2 aromatic carbocycles. The molecule has 1 fully saturated rings. The van der Waals surface area contributed by atoms with E-state index in [2.05, 4.69) is 5.32 Å². The number of hydrogen-bond acceptors (Lipinski definition) is 6. The highest BCUT2D eigenvalue weighted by Crippen LogP contribution is 2.28. The Hall–Kier alpha value is -4.05. The topological polar surface area (TPSA) is 157 Å². The zero-order chi connectivity index (χ0) is 33.6. The SMILES string of the molecule is N=C(N)c1ccc(CCC(=O)[C@H](CCC2CCCCC2)NC(=O)[C@@H](CCCc2cc[n+]([O-])cc2)CS(=O)(=O)Cc2ccccc2)cc1. The van der Waals surface area contributed by atoms with E-state index < -0.39 is 27.7 Å². The molecule has 0 aliphatic heterocycles. The van der Waals surface area contributed by atoms with E-state index in [9.17, 15) is 23.2 Å². The summed E-state index contributed by atoms with van der Waals surface area (Å²) in [6.07, 6.45) is 12.3. The summed E-state index contributed by atoms with van der Waals surface area (Å²) in [6, 6.07) is 18.9. The van der Waals surface area contributed by atoms with E-state index in [1.54, 1.807) is 48.5 Å². The summed E-state index contributed by atoms with van der Waals surface area (Å²) in [5.74, 6) is -1.25. The number of hydrogen-bond donors (Lipinski definition) is 3. The molecule has 4 rings (SSSR count). The Morgan fingerprint density at radius 2 is 1.55 bits per heavy atom. The molecule has 2 atom stereocenters. The minimum atomic E-state index is -3.64. The van der Waals surface area contributed by atoms with Gasteiger partial charge < -0.3 is 16.3 Å². The maximum Gasteiger partial charge on any atom is 0.224 e. The van der Waals surface area contributed by atoms with Gasteiger partial charge in [0.25, 0.3) is 0 Å². The van der Waals surface area contributed by atoms with Crippen molar-refractivity contribution in [1.29, 1.82) is 5.41 Å². The van der Waals surface area contributed by atoms with Crippen LogP contribution >= 0.6 is 0 Å². The van der Waals surface area contributed by atoms with E-state index in [0.29, 0.717) is 53.9 Å². The highest BCUT2D eigenvalue weighted by atomic mass is 32.2. The first-order chi connectivity index (χ1) is 22.6. The largest absolute Gasteiger partial charge is 0.619 e. The molecule has 1 aliphatic rings. The molecular formula is C37H48N4O5S. The fourth-order valence-electron chi connectivity index (χ4n) is 6.42. The number of nitrogens with zero attached hydrogens (tertiary/aromatic N) is 1. The number of sulfone groups is 1. The summed E-state index contributed by atoms with van der Waals surface area (Å²) in [4.78, 5) is 27.6. The Bertz CT molecular complexity index is 1550. The average Bonchev–Trinajstić information content (AvgIpc) is 3.06. The highest BCUT2D eigenvalue weighted by Gasteiger charge is 2.30. The van der Waals surface area contributed by atoms with E-state index in [0.717, 1.165) is 30.4 Å². The maximum atomic E-state index is 13.9. The first-order valence-electron chi connectivity index (χ1n) is 16.8. The molecule has 0 spiro atoms. The van der Waals surface area contributed by atoms with E-state index >= 15 is 0 Å². The normalized spacial score (nSPS) is 15.1. The highest BCUT2D eigenvalue weighted by molar-refractivity contribution is 7.90. The number of nitrogens with two attached hydrogens (primary N) is 1. The fourth-order valence-corrected chi connectivity index (χ4v) is 8.17. The Labute approximate surface area is 279 Å².